The van der Waals surface area contributed by atoms with Gasteiger partial charge in [0.25, 0.3) is 0 Å². The molecule has 2 heterocycles. The third-order valence-electron chi connectivity index (χ3n) is 4.66. The minimum Gasteiger partial charge on any atom is -0.780 e. The average molecular weight is 362 g/mol. The minimum absolute atomic E-state index is 0.348. The van der Waals surface area contributed by atoms with Crippen LogP contribution in [0.1, 0.15) is 27.0 Å². The largest absolute Gasteiger partial charge is 0.780 e. The summed E-state index contributed by atoms with van der Waals surface area (Å²) in [6.45, 7) is 0. The second kappa shape index (κ2) is 4.94. The molecule has 3 aromatic carbocycles. The zero-order valence-corrected chi connectivity index (χ0v) is 14.4. The third-order valence-corrected chi connectivity index (χ3v) is 5.16. The van der Waals surface area contributed by atoms with Crippen molar-refractivity contribution in [2.45, 2.75) is 15.4 Å². The van der Waals surface area contributed by atoms with Gasteiger partial charge in [0.2, 0.25) is 0 Å². The second-order valence-corrected chi connectivity index (χ2v) is 6.98. The van der Waals surface area contributed by atoms with Crippen LogP contribution in [0.15, 0.2) is 70.5 Å². The lowest BCUT2D eigenvalue weighted by atomic mass is 9.78. The highest BCUT2D eigenvalue weighted by Crippen LogP contribution is 2.56. The highest BCUT2D eigenvalue weighted by Gasteiger charge is 2.53. The van der Waals surface area contributed by atoms with E-state index in [9.17, 15) is 4.79 Å². The number of hydrogen-bond donors (Lipinski definition) is 0. The summed E-state index contributed by atoms with van der Waals surface area (Å²) in [5, 5.41) is 0. The van der Waals surface area contributed by atoms with Crippen molar-refractivity contribution in [3.05, 3.63) is 82.9 Å². The number of rotatable bonds is 0. The summed E-state index contributed by atoms with van der Waals surface area (Å²) in [7, 11) is 0. The van der Waals surface area contributed by atoms with Crippen LogP contribution in [0.2, 0.25) is 0 Å². The van der Waals surface area contributed by atoms with Crippen LogP contribution in [0.3, 0.4) is 0 Å². The predicted molar refractivity (Wildman–Crippen MR) is 96.0 cm³/mol. The molecule has 2 aliphatic rings. The Labute approximate surface area is 155 Å². The molecule has 0 aliphatic carbocycles. The van der Waals surface area contributed by atoms with Crippen molar-refractivity contribution >= 4 is 31.2 Å². The molecule has 1 spiro atoms. The van der Waals surface area contributed by atoms with Gasteiger partial charge < -0.3 is 34.7 Å². The SMILES string of the molecule is O=C1OC2(c3ccc([S-])cc3Oc3cc([S-])ccc32)c2ccccc21. The second-order valence-electron chi connectivity index (χ2n) is 6.03. The van der Waals surface area contributed by atoms with E-state index in [1.54, 1.807) is 18.2 Å². The highest BCUT2D eigenvalue weighted by molar-refractivity contribution is 7.59. The number of esters is 1. The standard InChI is InChI=1S/C20H12O3S2/c21-19-13-3-1-2-4-14(13)20(23-19)15-7-5-11(24)9-17(15)22-18-10-12(25)6-8-16(18)20/h1-10,24-25H/p-2. The molecular formula is C20H10O3S2-2. The van der Waals surface area contributed by atoms with Crippen molar-refractivity contribution < 1.29 is 14.3 Å². The Morgan fingerprint density at radius 3 is 2.00 bits per heavy atom. The van der Waals surface area contributed by atoms with Crippen LogP contribution < -0.4 is 4.74 Å². The summed E-state index contributed by atoms with van der Waals surface area (Å²) < 4.78 is 12.1. The third kappa shape index (κ3) is 1.88. The van der Waals surface area contributed by atoms with Crippen molar-refractivity contribution in [2.24, 2.45) is 0 Å². The fourth-order valence-electron chi connectivity index (χ4n) is 3.64. The first-order valence-corrected chi connectivity index (χ1v) is 8.55. The van der Waals surface area contributed by atoms with E-state index in [2.05, 4.69) is 0 Å². The van der Waals surface area contributed by atoms with E-state index in [0.29, 0.717) is 26.9 Å². The first-order chi connectivity index (χ1) is 12.1. The van der Waals surface area contributed by atoms with Gasteiger partial charge in [-0.2, -0.15) is 9.79 Å². The maximum atomic E-state index is 12.6. The Bertz CT molecular complexity index is 1010. The molecule has 0 aromatic heterocycles. The van der Waals surface area contributed by atoms with Crippen LogP contribution in [0, 0.1) is 0 Å². The van der Waals surface area contributed by atoms with Gasteiger partial charge in [-0.05, 0) is 18.2 Å². The number of fused-ring (bicyclic) bond motifs is 6. The van der Waals surface area contributed by atoms with Crippen molar-refractivity contribution in [3.8, 4) is 11.5 Å². The van der Waals surface area contributed by atoms with Crippen LogP contribution in [-0.2, 0) is 35.6 Å². The zero-order valence-electron chi connectivity index (χ0n) is 12.8. The summed E-state index contributed by atoms with van der Waals surface area (Å²) in [5.74, 6) is 0.828. The molecule has 0 radical (unpaired) electrons. The van der Waals surface area contributed by atoms with Gasteiger partial charge in [-0.1, -0.05) is 42.5 Å². The molecule has 3 nitrogen and oxygen atoms in total. The fourth-order valence-corrected chi connectivity index (χ4v) is 3.99. The molecule has 122 valence electrons. The lowest BCUT2D eigenvalue weighted by Crippen LogP contribution is -2.33. The van der Waals surface area contributed by atoms with Crippen molar-refractivity contribution in [1.82, 2.24) is 0 Å². The van der Waals surface area contributed by atoms with Crippen molar-refractivity contribution in [1.29, 1.82) is 0 Å². The van der Waals surface area contributed by atoms with Crippen LogP contribution >= 0.6 is 0 Å². The number of hydrogen-bond acceptors (Lipinski definition) is 5. The molecule has 25 heavy (non-hydrogen) atoms. The van der Waals surface area contributed by atoms with E-state index in [1.165, 1.54) is 0 Å². The Hall–Kier alpha value is -2.63. The van der Waals surface area contributed by atoms with Gasteiger partial charge in [0.1, 0.15) is 11.5 Å². The molecule has 0 N–H and O–H groups in total. The van der Waals surface area contributed by atoms with Crippen molar-refractivity contribution in [3.63, 3.8) is 0 Å². The molecular weight excluding hydrogens is 352 g/mol. The maximum absolute atomic E-state index is 12.6. The summed E-state index contributed by atoms with van der Waals surface area (Å²) in [6, 6.07) is 18.4. The van der Waals surface area contributed by atoms with Crippen LogP contribution in [0.25, 0.3) is 0 Å². The number of benzene rings is 3. The molecule has 0 bridgehead atoms. The number of carbonyl (C=O) groups is 1. The summed E-state index contributed by atoms with van der Waals surface area (Å²) in [5.41, 5.74) is 1.86. The van der Waals surface area contributed by atoms with E-state index in [4.69, 9.17) is 34.7 Å². The summed E-state index contributed by atoms with van der Waals surface area (Å²) >= 11 is 10.6. The van der Waals surface area contributed by atoms with Gasteiger partial charge in [0, 0.05) is 16.7 Å². The quantitative estimate of drug-likeness (QED) is 0.445. The number of ether oxygens (including phenoxy) is 2. The average Bonchev–Trinajstić information content (AvgIpc) is 2.88. The summed E-state index contributed by atoms with van der Waals surface area (Å²) in [4.78, 5) is 13.9. The lowest BCUT2D eigenvalue weighted by Gasteiger charge is -2.37. The van der Waals surface area contributed by atoms with E-state index in [-0.39, 0.29) is 5.97 Å². The number of carbonyl (C=O) groups excluding carboxylic acids is 1. The van der Waals surface area contributed by atoms with Gasteiger partial charge in [-0.25, -0.2) is 4.79 Å². The first kappa shape index (κ1) is 14.7. The smallest absolute Gasteiger partial charge is 0.340 e. The van der Waals surface area contributed by atoms with Crippen LogP contribution in [0.4, 0.5) is 0 Å². The Balaban J connectivity index is 1.91. The van der Waals surface area contributed by atoms with Crippen LogP contribution in [-0.4, -0.2) is 5.97 Å². The van der Waals surface area contributed by atoms with Gasteiger partial charge >= 0.3 is 5.97 Å². The molecule has 2 aliphatic heterocycles. The predicted octanol–water partition coefficient (Wildman–Crippen LogP) is 4.07. The molecule has 0 unspecified atom stereocenters. The zero-order chi connectivity index (χ0) is 17.2. The van der Waals surface area contributed by atoms with E-state index < -0.39 is 5.60 Å². The molecule has 0 fully saturated rings. The van der Waals surface area contributed by atoms with E-state index in [1.807, 2.05) is 42.5 Å². The molecule has 5 heteroatoms. The monoisotopic (exact) mass is 362 g/mol. The van der Waals surface area contributed by atoms with Gasteiger partial charge in [-0.3, -0.25) is 0 Å². The Morgan fingerprint density at radius 1 is 0.760 bits per heavy atom. The molecule has 0 amide bonds. The molecule has 0 atom stereocenters. The Kier molecular flexibility index (Phi) is 2.90. The molecule has 0 saturated carbocycles. The van der Waals surface area contributed by atoms with Crippen LogP contribution in [0.5, 0.6) is 11.5 Å². The maximum Gasteiger partial charge on any atom is 0.340 e. The topological polar surface area (TPSA) is 35.5 Å². The van der Waals surface area contributed by atoms with Gasteiger partial charge in [0.05, 0.1) is 5.56 Å². The summed E-state index contributed by atoms with van der Waals surface area (Å²) in [6.07, 6.45) is 0. The lowest BCUT2D eigenvalue weighted by molar-refractivity contribution is 0.0224. The Morgan fingerprint density at radius 2 is 1.36 bits per heavy atom. The molecule has 0 saturated heterocycles. The first-order valence-electron chi connectivity index (χ1n) is 7.73. The van der Waals surface area contributed by atoms with Gasteiger partial charge in [0.15, 0.2) is 5.60 Å². The fraction of sp³-hybridized carbons (Fsp3) is 0.0500. The normalized spacial score (nSPS) is 15.8. The molecule has 5 rings (SSSR count). The van der Waals surface area contributed by atoms with E-state index in [0.717, 1.165) is 16.7 Å². The minimum atomic E-state index is -1.04. The van der Waals surface area contributed by atoms with Gasteiger partial charge in [-0.15, -0.1) is 0 Å². The van der Waals surface area contributed by atoms with Crippen molar-refractivity contribution in [2.75, 3.05) is 0 Å². The molecule has 3 aromatic rings. The van der Waals surface area contributed by atoms with E-state index >= 15 is 0 Å². The highest BCUT2D eigenvalue weighted by atomic mass is 32.1.